The van der Waals surface area contributed by atoms with Crippen molar-refractivity contribution in [3.05, 3.63) is 96.1 Å². The number of nitrogens with one attached hydrogen (secondary N) is 2. The molecule has 29 heavy (non-hydrogen) atoms. The van der Waals surface area contributed by atoms with Gasteiger partial charge in [-0.2, -0.15) is 0 Å². The Morgan fingerprint density at radius 1 is 0.793 bits per heavy atom. The Morgan fingerprint density at radius 2 is 1.31 bits per heavy atom. The van der Waals surface area contributed by atoms with Gasteiger partial charge in [-0.15, -0.1) is 11.8 Å². The molecule has 0 fully saturated rings. The summed E-state index contributed by atoms with van der Waals surface area (Å²) in [6, 6.07) is 27.2. The second-order valence-corrected chi connectivity index (χ2v) is 8.14. The van der Waals surface area contributed by atoms with Gasteiger partial charge in [0.2, 0.25) is 11.8 Å². The zero-order valence-corrected chi connectivity index (χ0v) is 17.3. The van der Waals surface area contributed by atoms with E-state index in [4.69, 9.17) is 0 Å². The van der Waals surface area contributed by atoms with E-state index in [1.54, 1.807) is 0 Å². The van der Waals surface area contributed by atoms with E-state index in [1.165, 1.54) is 18.7 Å². The van der Waals surface area contributed by atoms with E-state index in [-0.39, 0.29) is 23.1 Å². The number of hydrogen-bond acceptors (Lipinski definition) is 3. The maximum atomic E-state index is 12.9. The summed E-state index contributed by atoms with van der Waals surface area (Å²) in [5, 5.41) is 5.67. The summed E-state index contributed by atoms with van der Waals surface area (Å²) < 4.78 is 0. The number of thioether (sulfide) groups is 1. The van der Waals surface area contributed by atoms with Crippen molar-refractivity contribution < 1.29 is 9.59 Å². The van der Waals surface area contributed by atoms with Crippen molar-refractivity contribution >= 4 is 29.3 Å². The highest BCUT2D eigenvalue weighted by Crippen LogP contribution is 2.27. The molecule has 0 saturated heterocycles. The van der Waals surface area contributed by atoms with Crippen molar-refractivity contribution in [3.63, 3.8) is 0 Å². The van der Waals surface area contributed by atoms with Crippen LogP contribution in [-0.4, -0.2) is 17.1 Å². The third-order valence-corrected chi connectivity index (χ3v) is 5.52. The average molecular weight is 405 g/mol. The molecule has 0 aliphatic rings. The molecule has 3 aromatic carbocycles. The first-order valence-electron chi connectivity index (χ1n) is 9.47. The molecule has 0 aliphatic heterocycles. The van der Waals surface area contributed by atoms with Crippen LogP contribution < -0.4 is 10.6 Å². The molecule has 0 unspecified atom stereocenters. The monoisotopic (exact) mass is 404 g/mol. The maximum absolute atomic E-state index is 12.9. The van der Waals surface area contributed by atoms with Crippen LogP contribution in [0.5, 0.6) is 0 Å². The fourth-order valence-electron chi connectivity index (χ4n) is 2.99. The number of rotatable bonds is 7. The van der Waals surface area contributed by atoms with E-state index < -0.39 is 0 Å². The Balaban J connectivity index is 1.70. The van der Waals surface area contributed by atoms with Crippen LogP contribution in [0.1, 0.15) is 31.0 Å². The van der Waals surface area contributed by atoms with Crippen LogP contribution in [-0.2, 0) is 9.59 Å². The van der Waals surface area contributed by atoms with E-state index in [1.807, 2.05) is 91.9 Å². The van der Waals surface area contributed by atoms with Crippen LogP contribution in [0.25, 0.3) is 0 Å². The van der Waals surface area contributed by atoms with Crippen molar-refractivity contribution in [2.45, 2.75) is 30.0 Å². The Kier molecular flexibility index (Phi) is 7.09. The highest BCUT2D eigenvalue weighted by atomic mass is 32.2. The van der Waals surface area contributed by atoms with Crippen molar-refractivity contribution in [2.75, 3.05) is 5.32 Å². The van der Waals surface area contributed by atoms with E-state index >= 15 is 0 Å². The van der Waals surface area contributed by atoms with Gasteiger partial charge in [0, 0.05) is 17.5 Å². The number of anilines is 1. The van der Waals surface area contributed by atoms with Crippen molar-refractivity contribution in [2.24, 2.45) is 0 Å². The lowest BCUT2D eigenvalue weighted by Crippen LogP contribution is -2.34. The smallest absolute Gasteiger partial charge is 0.233 e. The molecular formula is C24H24N2O2S. The number of carbonyl (C=O) groups excluding carboxylic acids is 2. The number of amides is 2. The molecular weight excluding hydrogens is 380 g/mol. The molecule has 0 spiro atoms. The number of hydrogen-bond donors (Lipinski definition) is 2. The van der Waals surface area contributed by atoms with E-state index in [0.717, 1.165) is 21.7 Å². The van der Waals surface area contributed by atoms with Crippen molar-refractivity contribution in [1.29, 1.82) is 0 Å². The molecule has 0 aromatic heterocycles. The largest absolute Gasteiger partial charge is 0.344 e. The molecule has 3 rings (SSSR count). The van der Waals surface area contributed by atoms with Gasteiger partial charge in [0.1, 0.15) is 0 Å². The first kappa shape index (κ1) is 20.7. The summed E-state index contributed by atoms with van der Waals surface area (Å²) >= 11 is 1.49. The van der Waals surface area contributed by atoms with Gasteiger partial charge in [-0.1, -0.05) is 60.7 Å². The lowest BCUT2D eigenvalue weighted by molar-refractivity contribution is -0.120. The summed E-state index contributed by atoms with van der Waals surface area (Å²) in [5.41, 5.74) is 2.83. The molecule has 1 atom stereocenters. The van der Waals surface area contributed by atoms with Gasteiger partial charge in [0.05, 0.1) is 11.3 Å². The molecule has 0 saturated carbocycles. The van der Waals surface area contributed by atoms with Gasteiger partial charge in [-0.05, 0) is 42.3 Å². The van der Waals surface area contributed by atoms with E-state index in [2.05, 4.69) is 10.6 Å². The second-order valence-electron chi connectivity index (χ2n) is 6.73. The summed E-state index contributed by atoms with van der Waals surface area (Å²) in [4.78, 5) is 25.0. The van der Waals surface area contributed by atoms with Gasteiger partial charge in [0.25, 0.3) is 0 Å². The van der Waals surface area contributed by atoms with Crippen LogP contribution in [0.2, 0.25) is 0 Å². The molecule has 0 heterocycles. The SMILES string of the molecule is CC(=O)Nc1ccc(S[C@@H](C)C(=O)NC(c2ccccc2)c2ccccc2)cc1. The first-order valence-corrected chi connectivity index (χ1v) is 10.4. The van der Waals surface area contributed by atoms with Gasteiger partial charge in [-0.3, -0.25) is 9.59 Å². The van der Waals surface area contributed by atoms with Gasteiger partial charge < -0.3 is 10.6 Å². The summed E-state index contributed by atoms with van der Waals surface area (Å²) in [6.07, 6.45) is 0. The van der Waals surface area contributed by atoms with Crippen molar-refractivity contribution in [3.8, 4) is 0 Å². The third kappa shape index (κ3) is 5.96. The zero-order chi connectivity index (χ0) is 20.6. The van der Waals surface area contributed by atoms with Gasteiger partial charge in [-0.25, -0.2) is 0 Å². The topological polar surface area (TPSA) is 58.2 Å². The Labute approximate surface area is 175 Å². The highest BCUT2D eigenvalue weighted by Gasteiger charge is 2.21. The molecule has 5 heteroatoms. The fraction of sp³-hybridized carbons (Fsp3) is 0.167. The molecule has 0 bridgehead atoms. The van der Waals surface area contributed by atoms with Crippen LogP contribution in [0.3, 0.4) is 0 Å². The number of carbonyl (C=O) groups is 2. The standard InChI is InChI=1S/C24H24N2O2S/c1-17(29-22-15-13-21(14-16-22)25-18(2)27)24(28)26-23(19-9-5-3-6-10-19)20-11-7-4-8-12-20/h3-17,23H,1-2H3,(H,25,27)(H,26,28)/t17-/m0/s1. The van der Waals surface area contributed by atoms with E-state index in [9.17, 15) is 9.59 Å². The third-order valence-electron chi connectivity index (χ3n) is 4.41. The van der Waals surface area contributed by atoms with Crippen LogP contribution in [0.15, 0.2) is 89.8 Å². The minimum atomic E-state index is -0.267. The molecule has 0 aliphatic carbocycles. The maximum Gasteiger partial charge on any atom is 0.233 e. The molecule has 2 N–H and O–H groups in total. The van der Waals surface area contributed by atoms with Crippen molar-refractivity contribution in [1.82, 2.24) is 5.32 Å². The average Bonchev–Trinajstić information content (AvgIpc) is 2.74. The van der Waals surface area contributed by atoms with Crippen LogP contribution >= 0.6 is 11.8 Å². The summed E-state index contributed by atoms with van der Waals surface area (Å²) in [7, 11) is 0. The van der Waals surface area contributed by atoms with E-state index in [0.29, 0.717) is 0 Å². The molecule has 0 radical (unpaired) electrons. The predicted molar refractivity (Wildman–Crippen MR) is 119 cm³/mol. The zero-order valence-electron chi connectivity index (χ0n) is 16.5. The quantitative estimate of drug-likeness (QED) is 0.543. The summed E-state index contributed by atoms with van der Waals surface area (Å²) in [5.74, 6) is -0.135. The normalized spacial score (nSPS) is 11.7. The molecule has 4 nitrogen and oxygen atoms in total. The summed E-state index contributed by atoms with van der Waals surface area (Å²) in [6.45, 7) is 3.37. The van der Waals surface area contributed by atoms with Gasteiger partial charge >= 0.3 is 0 Å². The molecule has 2 amide bonds. The Hall–Kier alpha value is -3.05. The molecule has 148 valence electrons. The van der Waals surface area contributed by atoms with Crippen LogP contribution in [0, 0.1) is 0 Å². The fourth-order valence-corrected chi connectivity index (χ4v) is 3.86. The van der Waals surface area contributed by atoms with Gasteiger partial charge in [0.15, 0.2) is 0 Å². The van der Waals surface area contributed by atoms with Crippen LogP contribution in [0.4, 0.5) is 5.69 Å². The molecule has 3 aromatic rings. The minimum Gasteiger partial charge on any atom is -0.344 e. The minimum absolute atomic E-state index is 0.0290. The lowest BCUT2D eigenvalue weighted by atomic mass is 9.98. The number of benzene rings is 3. The first-order chi connectivity index (χ1) is 14.0. The highest BCUT2D eigenvalue weighted by molar-refractivity contribution is 8.00. The Morgan fingerprint density at radius 3 is 1.79 bits per heavy atom. The lowest BCUT2D eigenvalue weighted by Gasteiger charge is -2.22. The predicted octanol–water partition coefficient (Wildman–Crippen LogP) is 5.03. The Bertz CT molecular complexity index is 904. The second kappa shape index (κ2) is 9.94.